The summed E-state index contributed by atoms with van der Waals surface area (Å²) in [4.78, 5) is 15.8. The highest BCUT2D eigenvalue weighted by molar-refractivity contribution is 5.67. The van der Waals surface area contributed by atoms with E-state index in [0.29, 0.717) is 0 Å². The van der Waals surface area contributed by atoms with Crippen LogP contribution in [0.4, 0.5) is 5.69 Å². The third-order valence-electron chi connectivity index (χ3n) is 1.71. The molecule has 0 aliphatic carbocycles. The second-order valence-corrected chi connectivity index (χ2v) is 3.33. The number of carbonyl (C=O) groups is 1. The molecule has 0 aromatic heterocycles. The zero-order chi connectivity index (χ0) is 11.3. The normalized spacial score (nSPS) is 11.9. The summed E-state index contributed by atoms with van der Waals surface area (Å²) in [7, 11) is 0. The summed E-state index contributed by atoms with van der Waals surface area (Å²) in [5.74, 6) is -0.403. The van der Waals surface area contributed by atoms with E-state index in [1.165, 1.54) is 12.0 Å². The highest BCUT2D eigenvalue weighted by atomic mass is 16.7. The molecule has 4 nitrogen and oxygen atoms in total. The van der Waals surface area contributed by atoms with Crippen LogP contribution in [0.25, 0.3) is 0 Å². The molecule has 1 rings (SSSR count). The molecule has 0 radical (unpaired) electrons. The van der Waals surface area contributed by atoms with Crippen LogP contribution in [-0.4, -0.2) is 23.7 Å². The van der Waals surface area contributed by atoms with E-state index >= 15 is 0 Å². The van der Waals surface area contributed by atoms with E-state index in [9.17, 15) is 9.90 Å². The van der Waals surface area contributed by atoms with Gasteiger partial charge in [-0.2, -0.15) is 0 Å². The average Bonchev–Trinajstić information content (AvgIpc) is 2.17. The van der Waals surface area contributed by atoms with Crippen molar-refractivity contribution >= 4 is 11.7 Å². The number of aliphatic hydroxyl groups excluding tert-OH is 1. The number of benzene rings is 1. The van der Waals surface area contributed by atoms with Crippen molar-refractivity contribution in [3.8, 4) is 0 Å². The molecule has 0 saturated heterocycles. The quantitative estimate of drug-likeness (QED) is 0.760. The van der Waals surface area contributed by atoms with Gasteiger partial charge in [-0.1, -0.05) is 18.2 Å². The Bertz CT molecular complexity index is 311. The first kappa shape index (κ1) is 11.5. The van der Waals surface area contributed by atoms with Gasteiger partial charge in [0.1, 0.15) is 0 Å². The second kappa shape index (κ2) is 5.36. The number of hydrogen-bond acceptors (Lipinski definition) is 4. The van der Waals surface area contributed by atoms with Gasteiger partial charge >= 0.3 is 5.97 Å². The van der Waals surface area contributed by atoms with Gasteiger partial charge in [-0.15, -0.1) is 0 Å². The van der Waals surface area contributed by atoms with E-state index in [-0.39, 0.29) is 6.54 Å². The Labute approximate surface area is 89.0 Å². The second-order valence-electron chi connectivity index (χ2n) is 3.33. The SMILES string of the molecule is CC(=O)ON(CC(C)O)c1ccccc1. The van der Waals surface area contributed by atoms with E-state index in [4.69, 9.17) is 4.84 Å². The maximum absolute atomic E-state index is 10.9. The molecule has 1 unspecified atom stereocenters. The summed E-state index contributed by atoms with van der Waals surface area (Å²) in [6, 6.07) is 9.18. The van der Waals surface area contributed by atoms with Gasteiger partial charge in [0.2, 0.25) is 0 Å². The smallest absolute Gasteiger partial charge is 0.329 e. The van der Waals surface area contributed by atoms with Gasteiger partial charge < -0.3 is 9.94 Å². The number of aliphatic hydroxyl groups is 1. The number of para-hydroxylation sites is 1. The van der Waals surface area contributed by atoms with Gasteiger partial charge in [0.05, 0.1) is 18.3 Å². The Morgan fingerprint density at radius 2 is 2.07 bits per heavy atom. The summed E-state index contributed by atoms with van der Waals surface area (Å²) >= 11 is 0. The molecule has 0 aliphatic heterocycles. The van der Waals surface area contributed by atoms with Crippen LogP contribution in [0.2, 0.25) is 0 Å². The van der Waals surface area contributed by atoms with Gasteiger partial charge in [-0.25, -0.2) is 5.06 Å². The molecular formula is C11H15NO3. The fraction of sp³-hybridized carbons (Fsp3) is 0.364. The van der Waals surface area contributed by atoms with Crippen molar-refractivity contribution < 1.29 is 14.7 Å². The Kier molecular flexibility index (Phi) is 4.12. The topological polar surface area (TPSA) is 49.8 Å². The van der Waals surface area contributed by atoms with Crippen molar-refractivity contribution in [3.05, 3.63) is 30.3 Å². The van der Waals surface area contributed by atoms with E-state index in [1.807, 2.05) is 30.3 Å². The summed E-state index contributed by atoms with van der Waals surface area (Å²) < 4.78 is 0. The molecule has 0 heterocycles. The lowest BCUT2D eigenvalue weighted by Gasteiger charge is -2.23. The zero-order valence-electron chi connectivity index (χ0n) is 8.88. The van der Waals surface area contributed by atoms with E-state index < -0.39 is 12.1 Å². The number of nitrogens with zero attached hydrogens (tertiary/aromatic N) is 1. The largest absolute Gasteiger partial charge is 0.391 e. The van der Waals surface area contributed by atoms with E-state index in [2.05, 4.69) is 0 Å². The molecular weight excluding hydrogens is 194 g/mol. The number of hydroxylamine groups is 1. The Balaban J connectivity index is 2.76. The maximum Gasteiger partial charge on any atom is 0.329 e. The molecule has 1 aromatic rings. The lowest BCUT2D eigenvalue weighted by molar-refractivity contribution is -0.142. The highest BCUT2D eigenvalue weighted by Crippen LogP contribution is 2.14. The minimum atomic E-state index is -0.565. The van der Waals surface area contributed by atoms with Crippen LogP contribution in [0, 0.1) is 0 Å². The van der Waals surface area contributed by atoms with Crippen molar-refractivity contribution in [2.75, 3.05) is 11.6 Å². The monoisotopic (exact) mass is 209 g/mol. The van der Waals surface area contributed by atoms with Crippen molar-refractivity contribution in [3.63, 3.8) is 0 Å². The van der Waals surface area contributed by atoms with E-state index in [1.54, 1.807) is 6.92 Å². The van der Waals surface area contributed by atoms with Crippen LogP contribution in [0.5, 0.6) is 0 Å². The molecule has 0 saturated carbocycles. The average molecular weight is 209 g/mol. The predicted octanol–water partition coefficient (Wildman–Crippen LogP) is 1.35. The fourth-order valence-corrected chi connectivity index (χ4v) is 1.18. The van der Waals surface area contributed by atoms with Crippen LogP contribution in [0.1, 0.15) is 13.8 Å². The first-order valence-corrected chi connectivity index (χ1v) is 4.79. The zero-order valence-corrected chi connectivity index (χ0v) is 8.88. The molecule has 0 fully saturated rings. The van der Waals surface area contributed by atoms with Crippen molar-refractivity contribution in [2.24, 2.45) is 0 Å². The predicted molar refractivity (Wildman–Crippen MR) is 57.2 cm³/mol. The minimum absolute atomic E-state index is 0.254. The first-order chi connectivity index (χ1) is 7.09. The van der Waals surface area contributed by atoms with Crippen molar-refractivity contribution in [1.82, 2.24) is 0 Å². The number of rotatable bonds is 4. The summed E-state index contributed by atoms with van der Waals surface area (Å²) in [6.45, 7) is 3.22. The van der Waals surface area contributed by atoms with Crippen LogP contribution in [0.3, 0.4) is 0 Å². The highest BCUT2D eigenvalue weighted by Gasteiger charge is 2.11. The molecule has 0 bridgehead atoms. The van der Waals surface area contributed by atoms with E-state index in [0.717, 1.165) is 5.69 Å². The lowest BCUT2D eigenvalue weighted by Crippen LogP contribution is -2.32. The molecule has 0 aliphatic rings. The first-order valence-electron chi connectivity index (χ1n) is 4.79. The van der Waals surface area contributed by atoms with Crippen molar-refractivity contribution in [2.45, 2.75) is 20.0 Å². The molecule has 1 aromatic carbocycles. The number of carbonyl (C=O) groups excluding carboxylic acids is 1. The summed E-state index contributed by atoms with van der Waals surface area (Å²) in [5, 5.41) is 10.6. The molecule has 15 heavy (non-hydrogen) atoms. The molecule has 1 atom stereocenters. The number of anilines is 1. The Morgan fingerprint density at radius 1 is 1.47 bits per heavy atom. The molecule has 4 heteroatoms. The molecule has 1 N–H and O–H groups in total. The van der Waals surface area contributed by atoms with Gasteiger partial charge in [-0.3, -0.25) is 4.79 Å². The summed E-state index contributed by atoms with van der Waals surface area (Å²) in [6.07, 6.45) is -0.565. The molecule has 82 valence electrons. The lowest BCUT2D eigenvalue weighted by atomic mass is 10.3. The Morgan fingerprint density at radius 3 is 2.53 bits per heavy atom. The third kappa shape index (κ3) is 3.99. The van der Waals surface area contributed by atoms with Crippen LogP contribution in [-0.2, 0) is 9.63 Å². The standard InChI is InChI=1S/C11H15NO3/c1-9(13)8-12(15-10(2)14)11-6-4-3-5-7-11/h3-7,9,13H,8H2,1-2H3. The van der Waals surface area contributed by atoms with Gasteiger partial charge in [0.25, 0.3) is 0 Å². The van der Waals surface area contributed by atoms with Crippen LogP contribution in [0.15, 0.2) is 30.3 Å². The third-order valence-corrected chi connectivity index (χ3v) is 1.71. The minimum Gasteiger partial charge on any atom is -0.391 e. The molecule has 0 amide bonds. The van der Waals surface area contributed by atoms with Crippen LogP contribution >= 0.6 is 0 Å². The molecule has 0 spiro atoms. The van der Waals surface area contributed by atoms with Crippen molar-refractivity contribution in [1.29, 1.82) is 0 Å². The Hall–Kier alpha value is -1.55. The maximum atomic E-state index is 10.9. The van der Waals surface area contributed by atoms with Gasteiger partial charge in [0, 0.05) is 6.92 Å². The van der Waals surface area contributed by atoms with Crippen LogP contribution < -0.4 is 5.06 Å². The van der Waals surface area contributed by atoms with Gasteiger partial charge in [0.15, 0.2) is 0 Å². The summed E-state index contributed by atoms with van der Waals surface area (Å²) in [5.41, 5.74) is 0.744. The van der Waals surface area contributed by atoms with Gasteiger partial charge in [-0.05, 0) is 19.1 Å². The fourth-order valence-electron chi connectivity index (χ4n) is 1.18. The number of hydrogen-bond donors (Lipinski definition) is 1.